The summed E-state index contributed by atoms with van der Waals surface area (Å²) in [4.78, 5) is 4.36. The summed E-state index contributed by atoms with van der Waals surface area (Å²) in [5, 5.41) is 16.8. The van der Waals surface area contributed by atoms with E-state index in [9.17, 15) is 5.11 Å². The molecule has 3 N–H and O–H groups in total. The Labute approximate surface area is 139 Å². The van der Waals surface area contributed by atoms with Crippen molar-refractivity contribution in [2.75, 3.05) is 6.54 Å². The number of hydrazone groups is 1. The van der Waals surface area contributed by atoms with Gasteiger partial charge in [0.2, 0.25) is 5.96 Å². The lowest BCUT2D eigenvalue weighted by Crippen LogP contribution is -2.32. The maximum absolute atomic E-state index is 10.0. The van der Waals surface area contributed by atoms with E-state index in [1.807, 2.05) is 19.1 Å². The normalized spacial score (nSPS) is 18.2. The quantitative estimate of drug-likeness (QED) is 0.656. The Morgan fingerprint density at radius 1 is 1.26 bits per heavy atom. The summed E-state index contributed by atoms with van der Waals surface area (Å²) in [5.74, 6) is 0.667. The molecule has 1 aliphatic heterocycles. The highest BCUT2D eigenvalue weighted by molar-refractivity contribution is 6.30. The number of aromatic hydroxyl groups is 1. The maximum Gasteiger partial charge on any atom is 0.217 e. The van der Waals surface area contributed by atoms with Crippen molar-refractivity contribution in [3.05, 3.63) is 59.1 Å². The highest BCUT2D eigenvalue weighted by Gasteiger charge is 2.27. The Bertz CT molecular complexity index is 770. The van der Waals surface area contributed by atoms with Crippen LogP contribution in [-0.4, -0.2) is 28.3 Å². The topological polar surface area (TPSA) is 74.2 Å². The fraction of sp³-hybridized carbons (Fsp3) is 0.176. The first-order chi connectivity index (χ1) is 11.0. The summed E-state index contributed by atoms with van der Waals surface area (Å²) in [7, 11) is 0. The van der Waals surface area contributed by atoms with Gasteiger partial charge in [0.05, 0.1) is 17.9 Å². The summed E-state index contributed by atoms with van der Waals surface area (Å²) < 4.78 is 0. The van der Waals surface area contributed by atoms with Crippen LogP contribution in [0.2, 0.25) is 5.02 Å². The fourth-order valence-corrected chi connectivity index (χ4v) is 2.60. The molecule has 0 bridgehead atoms. The monoisotopic (exact) mass is 328 g/mol. The fourth-order valence-electron chi connectivity index (χ4n) is 2.48. The summed E-state index contributed by atoms with van der Waals surface area (Å²) in [5.41, 5.74) is 8.30. The van der Waals surface area contributed by atoms with E-state index in [2.05, 4.69) is 10.1 Å². The largest absolute Gasteiger partial charge is 0.507 e. The highest BCUT2D eigenvalue weighted by Crippen LogP contribution is 2.25. The summed E-state index contributed by atoms with van der Waals surface area (Å²) in [6.45, 7) is 2.66. The second kappa shape index (κ2) is 6.30. The number of guanidine groups is 1. The van der Waals surface area contributed by atoms with Gasteiger partial charge in [-0.15, -0.1) is 0 Å². The molecular formula is C17H17ClN4O. The van der Waals surface area contributed by atoms with Crippen LogP contribution in [0, 0.1) is 5.92 Å². The van der Waals surface area contributed by atoms with Gasteiger partial charge in [0.1, 0.15) is 5.75 Å². The first-order valence-electron chi connectivity index (χ1n) is 7.28. The predicted octanol–water partition coefficient (Wildman–Crippen LogP) is 3.35. The van der Waals surface area contributed by atoms with Gasteiger partial charge in [-0.1, -0.05) is 30.7 Å². The van der Waals surface area contributed by atoms with Crippen molar-refractivity contribution in [2.24, 2.45) is 21.7 Å². The van der Waals surface area contributed by atoms with Crippen molar-refractivity contribution >= 4 is 29.0 Å². The zero-order valence-electron chi connectivity index (χ0n) is 12.6. The van der Waals surface area contributed by atoms with Gasteiger partial charge in [-0.25, -0.2) is 10.0 Å². The average Bonchev–Trinajstić information content (AvgIpc) is 2.92. The number of halogens is 1. The molecule has 118 valence electrons. The number of aliphatic imine (C=N–C) groups is 1. The molecule has 6 heteroatoms. The third-order valence-electron chi connectivity index (χ3n) is 3.66. The van der Waals surface area contributed by atoms with Crippen LogP contribution in [0.15, 0.2) is 58.6 Å². The number of para-hydroxylation sites is 1. The van der Waals surface area contributed by atoms with Crippen LogP contribution in [0.3, 0.4) is 0 Å². The van der Waals surface area contributed by atoms with Crippen LogP contribution < -0.4 is 5.73 Å². The third kappa shape index (κ3) is 3.29. The second-order valence-corrected chi connectivity index (χ2v) is 5.87. The smallest absolute Gasteiger partial charge is 0.217 e. The van der Waals surface area contributed by atoms with E-state index in [1.165, 1.54) is 0 Å². The zero-order chi connectivity index (χ0) is 16.4. The number of phenolic OH excluding ortho intramolecular Hbond substituents is 1. The molecule has 0 saturated heterocycles. The summed E-state index contributed by atoms with van der Waals surface area (Å²) >= 11 is 5.86. The van der Waals surface area contributed by atoms with Crippen LogP contribution in [0.25, 0.3) is 0 Å². The Hall–Kier alpha value is -2.53. The Balaban J connectivity index is 1.87. The molecule has 0 radical (unpaired) electrons. The summed E-state index contributed by atoms with van der Waals surface area (Å²) in [6, 6.07) is 14.3. The van der Waals surface area contributed by atoms with Crippen molar-refractivity contribution in [3.8, 4) is 5.75 Å². The lowest BCUT2D eigenvalue weighted by molar-refractivity contribution is 0.451. The van der Waals surface area contributed by atoms with Crippen molar-refractivity contribution in [3.63, 3.8) is 0 Å². The molecule has 1 atom stereocenters. The number of phenols is 1. The molecule has 0 spiro atoms. The van der Waals surface area contributed by atoms with Gasteiger partial charge in [-0.05, 0) is 36.4 Å². The highest BCUT2D eigenvalue weighted by atomic mass is 35.5. The van der Waals surface area contributed by atoms with Gasteiger partial charge < -0.3 is 10.8 Å². The van der Waals surface area contributed by atoms with Crippen molar-refractivity contribution in [2.45, 2.75) is 6.92 Å². The standard InChI is InChI=1S/C17H17ClN4O/c1-11-10-22(17(19)20-13-8-6-12(18)7-9-13)21-16(11)14-4-2-3-5-15(14)23/h2-9,11,23H,10H2,1H3,(H2,19,20). The molecule has 5 nitrogen and oxygen atoms in total. The maximum atomic E-state index is 10.0. The lowest BCUT2D eigenvalue weighted by atomic mass is 9.99. The Morgan fingerprint density at radius 3 is 2.65 bits per heavy atom. The first kappa shape index (κ1) is 15.4. The van der Waals surface area contributed by atoms with E-state index in [0.29, 0.717) is 23.2 Å². The van der Waals surface area contributed by atoms with Gasteiger partial charge >= 0.3 is 0 Å². The van der Waals surface area contributed by atoms with E-state index in [0.717, 1.165) is 11.3 Å². The van der Waals surface area contributed by atoms with Crippen molar-refractivity contribution < 1.29 is 5.11 Å². The minimum Gasteiger partial charge on any atom is -0.507 e. The zero-order valence-corrected chi connectivity index (χ0v) is 13.4. The number of benzene rings is 2. The average molecular weight is 329 g/mol. The van der Waals surface area contributed by atoms with E-state index < -0.39 is 0 Å². The summed E-state index contributed by atoms with van der Waals surface area (Å²) in [6.07, 6.45) is 0. The molecule has 2 aromatic rings. The molecular weight excluding hydrogens is 312 g/mol. The molecule has 2 aromatic carbocycles. The van der Waals surface area contributed by atoms with E-state index in [1.54, 1.807) is 41.4 Å². The molecule has 0 fully saturated rings. The number of rotatable bonds is 2. The minimum atomic E-state index is 0.141. The second-order valence-electron chi connectivity index (χ2n) is 5.43. The molecule has 0 saturated carbocycles. The number of nitrogens with zero attached hydrogens (tertiary/aromatic N) is 3. The predicted molar refractivity (Wildman–Crippen MR) is 93.2 cm³/mol. The van der Waals surface area contributed by atoms with Gasteiger partial charge in [-0.3, -0.25) is 0 Å². The van der Waals surface area contributed by atoms with Crippen LogP contribution in [0.4, 0.5) is 5.69 Å². The van der Waals surface area contributed by atoms with Gasteiger partial charge in [-0.2, -0.15) is 5.10 Å². The van der Waals surface area contributed by atoms with Gasteiger partial charge in [0, 0.05) is 16.5 Å². The van der Waals surface area contributed by atoms with Gasteiger partial charge in [0.25, 0.3) is 0 Å². The van der Waals surface area contributed by atoms with Crippen molar-refractivity contribution in [1.82, 2.24) is 5.01 Å². The SMILES string of the molecule is CC1CN(C(N)=Nc2ccc(Cl)cc2)N=C1c1ccccc1O. The van der Waals surface area contributed by atoms with Crippen molar-refractivity contribution in [1.29, 1.82) is 0 Å². The molecule has 0 aliphatic carbocycles. The number of hydrogen-bond donors (Lipinski definition) is 2. The van der Waals surface area contributed by atoms with Gasteiger partial charge in [0.15, 0.2) is 0 Å². The van der Waals surface area contributed by atoms with Crippen LogP contribution in [-0.2, 0) is 0 Å². The minimum absolute atomic E-state index is 0.141. The number of nitrogens with two attached hydrogens (primary N) is 1. The molecule has 1 aliphatic rings. The molecule has 0 aromatic heterocycles. The lowest BCUT2D eigenvalue weighted by Gasteiger charge is -2.12. The van der Waals surface area contributed by atoms with Crippen LogP contribution in [0.5, 0.6) is 5.75 Å². The molecule has 23 heavy (non-hydrogen) atoms. The molecule has 0 amide bonds. The van der Waals surface area contributed by atoms with Crippen LogP contribution in [0.1, 0.15) is 12.5 Å². The van der Waals surface area contributed by atoms with E-state index in [4.69, 9.17) is 17.3 Å². The molecule has 3 rings (SSSR count). The van der Waals surface area contributed by atoms with Crippen LogP contribution >= 0.6 is 11.6 Å². The van der Waals surface area contributed by atoms with E-state index >= 15 is 0 Å². The molecule has 1 heterocycles. The molecule has 1 unspecified atom stereocenters. The van der Waals surface area contributed by atoms with E-state index in [-0.39, 0.29) is 11.7 Å². The Kier molecular flexibility index (Phi) is 4.21. The first-order valence-corrected chi connectivity index (χ1v) is 7.66. The number of hydrogen-bond acceptors (Lipinski definition) is 3. The third-order valence-corrected chi connectivity index (χ3v) is 3.91. The Morgan fingerprint density at radius 2 is 1.96 bits per heavy atom.